The zero-order chi connectivity index (χ0) is 10.6. The van der Waals surface area contributed by atoms with E-state index in [0.29, 0.717) is 17.1 Å². The molecule has 0 N–H and O–H groups in total. The Balaban J connectivity index is 2.99. The van der Waals surface area contributed by atoms with E-state index in [4.69, 9.17) is 23.3 Å². The van der Waals surface area contributed by atoms with Gasteiger partial charge >= 0.3 is 0 Å². The van der Waals surface area contributed by atoms with Crippen LogP contribution < -0.4 is 4.90 Å². The van der Waals surface area contributed by atoms with Gasteiger partial charge in [0.25, 0.3) is 0 Å². The summed E-state index contributed by atoms with van der Waals surface area (Å²) in [6.07, 6.45) is 5.18. The minimum Gasteiger partial charge on any atom is -0.363 e. The third-order valence-electron chi connectivity index (χ3n) is 1.84. The third kappa shape index (κ3) is 2.19. The van der Waals surface area contributed by atoms with Crippen LogP contribution in [0.4, 0.5) is 5.69 Å². The van der Waals surface area contributed by atoms with Crippen LogP contribution in [0.5, 0.6) is 0 Å². The molecule has 0 atom stereocenters. The number of nitrogens with zero attached hydrogens (tertiary/aromatic N) is 2. The van der Waals surface area contributed by atoms with Gasteiger partial charge in [0.1, 0.15) is 6.07 Å². The average Bonchev–Trinajstić information content (AvgIpc) is 2.18. The van der Waals surface area contributed by atoms with E-state index in [1.54, 1.807) is 12.1 Å². The zero-order valence-electron chi connectivity index (χ0n) is 7.79. The molecule has 0 aliphatic heterocycles. The summed E-state index contributed by atoms with van der Waals surface area (Å²) in [4.78, 5) is 1.88. The number of rotatable bonds is 2. The molecule has 0 radical (unpaired) electrons. The van der Waals surface area contributed by atoms with Gasteiger partial charge < -0.3 is 4.90 Å². The maximum Gasteiger partial charge on any atom is 0.101 e. The SMILES string of the molecule is C#CCN(C)c1ccc(C#N)c(Cl)c1. The van der Waals surface area contributed by atoms with Crippen molar-refractivity contribution in [2.45, 2.75) is 0 Å². The number of benzene rings is 1. The fraction of sp³-hybridized carbons (Fsp3) is 0.182. The molecule has 70 valence electrons. The zero-order valence-corrected chi connectivity index (χ0v) is 8.54. The van der Waals surface area contributed by atoms with Crippen LogP contribution in [0, 0.1) is 23.7 Å². The molecule has 0 saturated carbocycles. The summed E-state index contributed by atoms with van der Waals surface area (Å²) < 4.78 is 0. The van der Waals surface area contributed by atoms with Gasteiger partial charge in [-0.15, -0.1) is 6.42 Å². The smallest absolute Gasteiger partial charge is 0.101 e. The van der Waals surface area contributed by atoms with Gasteiger partial charge in [-0.2, -0.15) is 5.26 Å². The summed E-state index contributed by atoms with van der Waals surface area (Å²) in [6.45, 7) is 0.516. The Labute approximate surface area is 88.7 Å². The highest BCUT2D eigenvalue weighted by Gasteiger charge is 2.03. The van der Waals surface area contributed by atoms with Gasteiger partial charge in [-0.25, -0.2) is 0 Å². The second kappa shape index (κ2) is 4.56. The first-order valence-electron chi connectivity index (χ1n) is 4.03. The molecule has 0 heterocycles. The van der Waals surface area contributed by atoms with Crippen LogP contribution in [-0.4, -0.2) is 13.6 Å². The predicted molar refractivity (Wildman–Crippen MR) is 58.3 cm³/mol. The molecular formula is C11H9ClN2. The second-order valence-electron chi connectivity index (χ2n) is 2.84. The average molecular weight is 205 g/mol. The first kappa shape index (κ1) is 10.4. The van der Waals surface area contributed by atoms with Gasteiger partial charge in [-0.05, 0) is 18.2 Å². The van der Waals surface area contributed by atoms with Crippen LogP contribution in [0.2, 0.25) is 5.02 Å². The van der Waals surface area contributed by atoms with Crippen LogP contribution in [-0.2, 0) is 0 Å². The van der Waals surface area contributed by atoms with Gasteiger partial charge in [0.2, 0.25) is 0 Å². The van der Waals surface area contributed by atoms with Crippen LogP contribution >= 0.6 is 11.6 Å². The summed E-state index contributed by atoms with van der Waals surface area (Å²) in [7, 11) is 1.87. The van der Waals surface area contributed by atoms with E-state index in [1.165, 1.54) is 0 Å². The van der Waals surface area contributed by atoms with Crippen molar-refractivity contribution in [3.63, 3.8) is 0 Å². The van der Waals surface area contributed by atoms with E-state index in [1.807, 2.05) is 24.1 Å². The lowest BCUT2D eigenvalue weighted by molar-refractivity contribution is 1.05. The molecule has 14 heavy (non-hydrogen) atoms. The lowest BCUT2D eigenvalue weighted by Crippen LogP contribution is -2.16. The Hall–Kier alpha value is -1.64. The molecule has 2 nitrogen and oxygen atoms in total. The first-order chi connectivity index (χ1) is 6.69. The largest absolute Gasteiger partial charge is 0.363 e. The molecule has 0 amide bonds. The summed E-state index contributed by atoms with van der Waals surface area (Å²) in [5.74, 6) is 2.53. The third-order valence-corrected chi connectivity index (χ3v) is 2.16. The number of terminal acetylenes is 1. The summed E-state index contributed by atoms with van der Waals surface area (Å²) >= 11 is 5.87. The highest BCUT2D eigenvalue weighted by molar-refractivity contribution is 6.32. The Kier molecular flexibility index (Phi) is 3.40. The van der Waals surface area contributed by atoms with Crippen molar-refractivity contribution in [2.24, 2.45) is 0 Å². The van der Waals surface area contributed by atoms with E-state index in [-0.39, 0.29) is 0 Å². The first-order valence-corrected chi connectivity index (χ1v) is 4.41. The van der Waals surface area contributed by atoms with Crippen LogP contribution in [0.15, 0.2) is 18.2 Å². The molecule has 1 aromatic rings. The molecule has 0 unspecified atom stereocenters. The highest BCUT2D eigenvalue weighted by Crippen LogP contribution is 2.22. The van der Waals surface area contributed by atoms with E-state index in [2.05, 4.69) is 5.92 Å². The number of hydrogen-bond acceptors (Lipinski definition) is 2. The lowest BCUT2D eigenvalue weighted by Gasteiger charge is -2.16. The Bertz CT molecular complexity index is 412. The molecular weight excluding hydrogens is 196 g/mol. The fourth-order valence-corrected chi connectivity index (χ4v) is 1.28. The molecule has 1 rings (SSSR count). The Morgan fingerprint density at radius 3 is 2.79 bits per heavy atom. The van der Waals surface area contributed by atoms with Crippen LogP contribution in [0.25, 0.3) is 0 Å². The van der Waals surface area contributed by atoms with Gasteiger partial charge in [0.05, 0.1) is 17.1 Å². The van der Waals surface area contributed by atoms with Gasteiger partial charge in [-0.3, -0.25) is 0 Å². The van der Waals surface area contributed by atoms with Crippen molar-refractivity contribution in [1.82, 2.24) is 0 Å². The Morgan fingerprint density at radius 2 is 2.29 bits per heavy atom. The summed E-state index contributed by atoms with van der Waals surface area (Å²) in [6, 6.07) is 7.24. The van der Waals surface area contributed by atoms with Crippen molar-refractivity contribution in [1.29, 1.82) is 5.26 Å². The highest BCUT2D eigenvalue weighted by atomic mass is 35.5. The van der Waals surface area contributed by atoms with E-state index in [9.17, 15) is 0 Å². The van der Waals surface area contributed by atoms with Crippen molar-refractivity contribution in [3.05, 3.63) is 28.8 Å². The summed E-state index contributed by atoms with van der Waals surface area (Å²) in [5, 5.41) is 9.12. The van der Waals surface area contributed by atoms with E-state index < -0.39 is 0 Å². The summed E-state index contributed by atoms with van der Waals surface area (Å²) in [5.41, 5.74) is 1.39. The van der Waals surface area contributed by atoms with Crippen molar-refractivity contribution in [2.75, 3.05) is 18.5 Å². The van der Waals surface area contributed by atoms with Crippen molar-refractivity contribution >= 4 is 17.3 Å². The lowest BCUT2D eigenvalue weighted by atomic mass is 10.2. The quantitative estimate of drug-likeness (QED) is 0.692. The topological polar surface area (TPSA) is 27.0 Å². The van der Waals surface area contributed by atoms with E-state index in [0.717, 1.165) is 5.69 Å². The minimum atomic E-state index is 0.453. The van der Waals surface area contributed by atoms with Crippen LogP contribution in [0.3, 0.4) is 0 Å². The number of hydrogen-bond donors (Lipinski definition) is 0. The normalized spacial score (nSPS) is 8.86. The molecule has 0 aliphatic carbocycles. The molecule has 0 fully saturated rings. The van der Waals surface area contributed by atoms with Crippen LogP contribution in [0.1, 0.15) is 5.56 Å². The molecule has 0 aromatic heterocycles. The number of anilines is 1. The molecule has 0 spiro atoms. The van der Waals surface area contributed by atoms with Crippen molar-refractivity contribution in [3.8, 4) is 18.4 Å². The number of nitriles is 1. The van der Waals surface area contributed by atoms with E-state index >= 15 is 0 Å². The minimum absolute atomic E-state index is 0.453. The molecule has 1 aromatic carbocycles. The second-order valence-corrected chi connectivity index (χ2v) is 3.24. The van der Waals surface area contributed by atoms with Gasteiger partial charge in [-0.1, -0.05) is 17.5 Å². The number of halogens is 1. The van der Waals surface area contributed by atoms with Crippen molar-refractivity contribution < 1.29 is 0 Å². The molecule has 0 bridgehead atoms. The van der Waals surface area contributed by atoms with Gasteiger partial charge in [0, 0.05) is 12.7 Å². The predicted octanol–water partition coefficient (Wildman–Crippen LogP) is 2.28. The molecule has 0 saturated heterocycles. The maximum absolute atomic E-state index is 8.67. The Morgan fingerprint density at radius 1 is 1.57 bits per heavy atom. The molecule has 0 aliphatic rings. The molecule has 3 heteroatoms. The standard InChI is InChI=1S/C11H9ClN2/c1-3-6-14(2)10-5-4-9(8-13)11(12)7-10/h1,4-5,7H,6H2,2H3. The fourth-order valence-electron chi connectivity index (χ4n) is 1.06. The monoisotopic (exact) mass is 204 g/mol. The maximum atomic E-state index is 8.67. The van der Waals surface area contributed by atoms with Gasteiger partial charge in [0.15, 0.2) is 0 Å².